The number of hydrogen-bond donors (Lipinski definition) is 2. The first-order valence-corrected chi connectivity index (χ1v) is 13.9. The number of fused-ring (bicyclic) bond motifs is 1. The topological polar surface area (TPSA) is 113 Å². The van der Waals surface area contributed by atoms with Gasteiger partial charge in [-0.2, -0.15) is 0 Å². The number of para-hydroxylation sites is 1. The molecule has 0 bridgehead atoms. The number of amidine groups is 1. The summed E-state index contributed by atoms with van der Waals surface area (Å²) in [6.07, 6.45) is 4.42. The zero-order chi connectivity index (χ0) is 28.8. The van der Waals surface area contributed by atoms with Crippen molar-refractivity contribution in [1.29, 1.82) is 0 Å². The number of benzene rings is 3. The van der Waals surface area contributed by atoms with E-state index in [0.717, 1.165) is 22.2 Å². The maximum atomic E-state index is 13.7. The maximum absolute atomic E-state index is 13.7. The van der Waals surface area contributed by atoms with Crippen LogP contribution in [0.3, 0.4) is 0 Å². The lowest BCUT2D eigenvalue weighted by molar-refractivity contribution is -0.139. The van der Waals surface area contributed by atoms with E-state index in [1.807, 2.05) is 55.6 Å². The molecular formula is C31H29N3O6S. The minimum Gasteiger partial charge on any atom is -0.497 e. The number of aromatic amines is 1. The van der Waals surface area contributed by atoms with Gasteiger partial charge < -0.3 is 24.3 Å². The number of carboxylic acid groups (broad SMARTS) is 1. The summed E-state index contributed by atoms with van der Waals surface area (Å²) in [7, 11) is 1.61. The summed E-state index contributed by atoms with van der Waals surface area (Å²) >= 11 is 1.30. The minimum atomic E-state index is -1.08. The molecule has 1 aliphatic heterocycles. The average Bonchev–Trinajstić information content (AvgIpc) is 3.52. The molecule has 1 saturated heterocycles. The molecule has 0 unspecified atom stereocenters. The van der Waals surface area contributed by atoms with Crippen molar-refractivity contribution in [3.63, 3.8) is 0 Å². The fraction of sp³-hybridized carbons (Fsp3) is 0.194. The number of methoxy groups -OCH3 is 1. The van der Waals surface area contributed by atoms with Gasteiger partial charge in [0.05, 0.1) is 24.3 Å². The molecule has 1 aromatic heterocycles. The van der Waals surface area contributed by atoms with Crippen LogP contribution in [0.5, 0.6) is 17.2 Å². The number of aliphatic imine (C=N–C) groups is 1. The number of hydrogen-bond acceptors (Lipinski definition) is 7. The number of aliphatic carboxylic acids is 1. The van der Waals surface area contributed by atoms with Crippen LogP contribution in [0.25, 0.3) is 17.0 Å². The number of ether oxygens (including phenoxy) is 3. The first-order valence-electron chi connectivity index (χ1n) is 13.1. The largest absolute Gasteiger partial charge is 0.497 e. The standard InChI is InChI=1S/C31H29N3O6S/c1-3-39-27-16-20(8-13-26(27)40-19-29(35)36)17-28-30(37)34(15-14-21-18-32-25-7-5-4-6-24(21)25)31(41-28)33-22-9-11-23(38-2)12-10-22/h4-13,16-18,32H,3,14-15,19H2,1-2H3,(H,35,36)/b28-17+,33-31?. The quantitative estimate of drug-likeness (QED) is 0.216. The summed E-state index contributed by atoms with van der Waals surface area (Å²) in [6, 6.07) is 20.6. The summed E-state index contributed by atoms with van der Waals surface area (Å²) in [6.45, 7) is 2.17. The average molecular weight is 572 g/mol. The highest BCUT2D eigenvalue weighted by molar-refractivity contribution is 8.18. The number of carbonyl (C=O) groups excluding carboxylic acids is 1. The highest BCUT2D eigenvalue weighted by Crippen LogP contribution is 2.36. The molecule has 0 radical (unpaired) electrons. The Morgan fingerprint density at radius 2 is 1.88 bits per heavy atom. The van der Waals surface area contributed by atoms with Crippen LogP contribution in [0.4, 0.5) is 5.69 Å². The third kappa shape index (κ3) is 6.55. The molecule has 2 N–H and O–H groups in total. The molecule has 10 heteroatoms. The number of carbonyl (C=O) groups is 2. The van der Waals surface area contributed by atoms with E-state index in [1.165, 1.54) is 11.8 Å². The van der Waals surface area contributed by atoms with Crippen LogP contribution in [-0.4, -0.2) is 58.9 Å². The molecule has 1 aliphatic rings. The van der Waals surface area contributed by atoms with Crippen LogP contribution in [0, 0.1) is 0 Å². The Morgan fingerprint density at radius 1 is 1.07 bits per heavy atom. The Hall–Kier alpha value is -4.70. The van der Waals surface area contributed by atoms with Gasteiger partial charge in [0.2, 0.25) is 0 Å². The normalized spacial score (nSPS) is 15.2. The third-order valence-corrected chi connectivity index (χ3v) is 7.39. The van der Waals surface area contributed by atoms with E-state index in [-0.39, 0.29) is 5.91 Å². The second-order valence-corrected chi connectivity index (χ2v) is 10.1. The predicted octanol–water partition coefficient (Wildman–Crippen LogP) is 5.89. The minimum absolute atomic E-state index is 0.147. The molecule has 41 heavy (non-hydrogen) atoms. The van der Waals surface area contributed by atoms with E-state index >= 15 is 0 Å². The summed E-state index contributed by atoms with van der Waals surface area (Å²) in [5.74, 6) is 0.224. The molecule has 4 aromatic rings. The number of nitrogens with one attached hydrogen (secondary N) is 1. The van der Waals surface area contributed by atoms with Gasteiger partial charge >= 0.3 is 5.97 Å². The van der Waals surface area contributed by atoms with E-state index in [9.17, 15) is 9.59 Å². The number of aromatic nitrogens is 1. The highest BCUT2D eigenvalue weighted by atomic mass is 32.2. The molecule has 0 aliphatic carbocycles. The van der Waals surface area contributed by atoms with E-state index in [4.69, 9.17) is 24.3 Å². The molecule has 210 valence electrons. The molecule has 1 fully saturated rings. The number of amides is 1. The molecule has 9 nitrogen and oxygen atoms in total. The van der Waals surface area contributed by atoms with Gasteiger partial charge in [0, 0.05) is 23.6 Å². The van der Waals surface area contributed by atoms with E-state index in [2.05, 4.69) is 11.1 Å². The SMILES string of the molecule is CCOc1cc(/C=C2/SC(=Nc3ccc(OC)cc3)N(CCc3c[nH]c4ccccc34)C2=O)ccc1OCC(=O)O. The van der Waals surface area contributed by atoms with Crippen molar-refractivity contribution in [2.45, 2.75) is 13.3 Å². The summed E-state index contributed by atoms with van der Waals surface area (Å²) in [5.41, 5.74) is 3.60. The van der Waals surface area contributed by atoms with Crippen molar-refractivity contribution >= 4 is 51.5 Å². The lowest BCUT2D eigenvalue weighted by atomic mass is 10.1. The van der Waals surface area contributed by atoms with Crippen LogP contribution in [0.15, 0.2) is 82.8 Å². The molecular weight excluding hydrogens is 542 g/mol. The van der Waals surface area contributed by atoms with Crippen LogP contribution < -0.4 is 14.2 Å². The highest BCUT2D eigenvalue weighted by Gasteiger charge is 2.33. The van der Waals surface area contributed by atoms with Crippen molar-refractivity contribution < 1.29 is 28.9 Å². The molecule has 3 aromatic carbocycles. The van der Waals surface area contributed by atoms with E-state index in [1.54, 1.807) is 36.3 Å². The van der Waals surface area contributed by atoms with Gasteiger partial charge in [0.15, 0.2) is 23.3 Å². The Bertz CT molecular complexity index is 1630. The van der Waals surface area contributed by atoms with E-state index < -0.39 is 12.6 Å². The Kier molecular flexibility index (Phi) is 8.59. The van der Waals surface area contributed by atoms with Gasteiger partial charge in [0.25, 0.3) is 5.91 Å². The van der Waals surface area contributed by atoms with E-state index in [0.29, 0.717) is 52.4 Å². The number of H-pyrrole nitrogens is 1. The fourth-order valence-electron chi connectivity index (χ4n) is 4.42. The molecule has 2 heterocycles. The Balaban J connectivity index is 1.44. The fourth-order valence-corrected chi connectivity index (χ4v) is 5.44. The molecule has 1 amide bonds. The predicted molar refractivity (Wildman–Crippen MR) is 160 cm³/mol. The van der Waals surface area contributed by atoms with Gasteiger partial charge in [-0.25, -0.2) is 9.79 Å². The summed E-state index contributed by atoms with van der Waals surface area (Å²) in [5, 5.41) is 10.7. The van der Waals surface area contributed by atoms with Crippen LogP contribution in [0.1, 0.15) is 18.1 Å². The van der Waals surface area contributed by atoms with Crippen molar-refractivity contribution in [2.24, 2.45) is 4.99 Å². The van der Waals surface area contributed by atoms with Gasteiger partial charge in [-0.05, 0) is 84.8 Å². The molecule has 0 saturated carbocycles. The number of carboxylic acids is 1. The van der Waals surface area contributed by atoms with Gasteiger partial charge in [-0.1, -0.05) is 24.3 Å². The van der Waals surface area contributed by atoms with Crippen LogP contribution >= 0.6 is 11.8 Å². The maximum Gasteiger partial charge on any atom is 0.341 e. The van der Waals surface area contributed by atoms with Crippen LogP contribution in [-0.2, 0) is 16.0 Å². The number of thioether (sulfide) groups is 1. The smallest absolute Gasteiger partial charge is 0.341 e. The number of rotatable bonds is 11. The van der Waals surface area contributed by atoms with Crippen molar-refractivity contribution in [3.8, 4) is 17.2 Å². The second-order valence-electron chi connectivity index (χ2n) is 9.09. The zero-order valence-electron chi connectivity index (χ0n) is 22.6. The van der Waals surface area contributed by atoms with Gasteiger partial charge in [0.1, 0.15) is 5.75 Å². The van der Waals surface area contributed by atoms with Crippen molar-refractivity contribution in [2.75, 3.05) is 26.9 Å². The van der Waals surface area contributed by atoms with Crippen molar-refractivity contribution in [3.05, 3.63) is 89.0 Å². The lowest BCUT2D eigenvalue weighted by Crippen LogP contribution is -2.31. The molecule has 0 spiro atoms. The number of nitrogens with zero attached hydrogens (tertiary/aromatic N) is 2. The summed E-state index contributed by atoms with van der Waals surface area (Å²) in [4.78, 5) is 35.0. The first-order chi connectivity index (χ1) is 19.9. The van der Waals surface area contributed by atoms with Gasteiger partial charge in [-0.3, -0.25) is 9.69 Å². The van der Waals surface area contributed by atoms with Crippen molar-refractivity contribution in [1.82, 2.24) is 9.88 Å². The first kappa shape index (κ1) is 27.9. The monoisotopic (exact) mass is 571 g/mol. The third-order valence-electron chi connectivity index (χ3n) is 6.38. The second kappa shape index (κ2) is 12.6. The molecule has 0 atom stereocenters. The zero-order valence-corrected chi connectivity index (χ0v) is 23.4. The Labute approximate surface area is 241 Å². The summed E-state index contributed by atoms with van der Waals surface area (Å²) < 4.78 is 16.3. The lowest BCUT2D eigenvalue weighted by Gasteiger charge is -2.15. The molecule has 5 rings (SSSR count). The Morgan fingerprint density at radius 3 is 2.63 bits per heavy atom. The van der Waals surface area contributed by atoms with Gasteiger partial charge in [-0.15, -0.1) is 0 Å². The van der Waals surface area contributed by atoms with Crippen LogP contribution in [0.2, 0.25) is 0 Å².